The maximum atomic E-state index is 12.7. The van der Waals surface area contributed by atoms with E-state index in [-0.39, 0.29) is 17.5 Å². The fourth-order valence-electron chi connectivity index (χ4n) is 3.48. The molecule has 2 aromatic heterocycles. The molecule has 0 spiro atoms. The smallest absolute Gasteiger partial charge is 0.266 e. The fourth-order valence-corrected chi connectivity index (χ4v) is 4.27. The van der Waals surface area contributed by atoms with Crippen LogP contribution in [-0.2, 0) is 17.8 Å². The molecule has 3 heterocycles. The van der Waals surface area contributed by atoms with Gasteiger partial charge in [0.05, 0.1) is 29.7 Å². The van der Waals surface area contributed by atoms with Crippen LogP contribution in [0.15, 0.2) is 23.1 Å². The van der Waals surface area contributed by atoms with Crippen molar-refractivity contribution in [2.24, 2.45) is 0 Å². The molecular weight excluding hydrogens is 336 g/mol. The molecule has 4 rings (SSSR count). The molecule has 7 heteroatoms. The second-order valence-electron chi connectivity index (χ2n) is 6.96. The average molecular weight is 358 g/mol. The lowest BCUT2D eigenvalue weighted by Crippen LogP contribution is -2.41. The van der Waals surface area contributed by atoms with Crippen molar-refractivity contribution in [1.82, 2.24) is 19.7 Å². The van der Waals surface area contributed by atoms with Crippen LogP contribution in [-0.4, -0.2) is 38.2 Å². The molecule has 0 bridgehead atoms. The van der Waals surface area contributed by atoms with E-state index in [1.807, 2.05) is 17.9 Å². The molecule has 6 nitrogen and oxygen atoms in total. The van der Waals surface area contributed by atoms with Crippen molar-refractivity contribution >= 4 is 17.2 Å². The molecule has 2 fully saturated rings. The molecule has 1 saturated heterocycles. The highest BCUT2D eigenvalue weighted by Crippen LogP contribution is 2.38. The van der Waals surface area contributed by atoms with Crippen molar-refractivity contribution in [3.05, 3.63) is 44.3 Å². The lowest BCUT2D eigenvalue weighted by Gasteiger charge is -2.25. The van der Waals surface area contributed by atoms with Gasteiger partial charge in [0.25, 0.3) is 5.56 Å². The minimum Gasteiger partial charge on any atom is -0.338 e. The third-order valence-corrected chi connectivity index (χ3v) is 5.87. The summed E-state index contributed by atoms with van der Waals surface area (Å²) in [4.78, 5) is 32.0. The number of hydrogen-bond acceptors (Lipinski definition) is 5. The average Bonchev–Trinajstić information content (AvgIpc) is 3.20. The van der Waals surface area contributed by atoms with Gasteiger partial charge in [-0.1, -0.05) is 0 Å². The zero-order chi connectivity index (χ0) is 17.4. The Bertz CT molecular complexity index is 840. The van der Waals surface area contributed by atoms with E-state index in [1.165, 1.54) is 0 Å². The zero-order valence-corrected chi connectivity index (χ0v) is 15.2. The SMILES string of the molecule is Cc1ncc(CC(=O)N2CCCC2Cn2nc(C3CC3)ccc2=O)s1. The van der Waals surface area contributed by atoms with Crippen LogP contribution in [0.3, 0.4) is 0 Å². The first-order chi connectivity index (χ1) is 12.1. The van der Waals surface area contributed by atoms with Crippen molar-refractivity contribution in [1.29, 1.82) is 0 Å². The Balaban J connectivity index is 1.47. The van der Waals surface area contributed by atoms with E-state index in [0.717, 1.165) is 47.8 Å². The van der Waals surface area contributed by atoms with Crippen LogP contribution in [0.25, 0.3) is 0 Å². The van der Waals surface area contributed by atoms with Gasteiger partial charge in [-0.15, -0.1) is 11.3 Å². The highest BCUT2D eigenvalue weighted by atomic mass is 32.1. The van der Waals surface area contributed by atoms with Gasteiger partial charge < -0.3 is 4.90 Å². The molecule has 1 amide bonds. The number of rotatable bonds is 5. The second-order valence-corrected chi connectivity index (χ2v) is 8.28. The molecule has 1 unspecified atom stereocenters. The molecular formula is C18H22N4O2S. The summed E-state index contributed by atoms with van der Waals surface area (Å²) in [5, 5.41) is 5.52. The van der Waals surface area contributed by atoms with E-state index in [1.54, 1.807) is 28.3 Å². The number of aryl methyl sites for hydroxylation is 1. The maximum Gasteiger partial charge on any atom is 0.266 e. The normalized spacial score (nSPS) is 20.2. The molecule has 1 aliphatic carbocycles. The van der Waals surface area contributed by atoms with Gasteiger partial charge in [-0.05, 0) is 38.7 Å². The first-order valence-corrected chi connectivity index (χ1v) is 9.70. The lowest BCUT2D eigenvalue weighted by molar-refractivity contribution is -0.131. The largest absolute Gasteiger partial charge is 0.338 e. The predicted octanol–water partition coefficient (Wildman–Crippen LogP) is 2.12. The predicted molar refractivity (Wildman–Crippen MR) is 95.8 cm³/mol. The fraction of sp³-hybridized carbons (Fsp3) is 0.556. The van der Waals surface area contributed by atoms with Gasteiger partial charge in [-0.3, -0.25) is 9.59 Å². The van der Waals surface area contributed by atoms with Crippen molar-refractivity contribution in [3.63, 3.8) is 0 Å². The monoisotopic (exact) mass is 358 g/mol. The minimum atomic E-state index is -0.0817. The van der Waals surface area contributed by atoms with Crippen LogP contribution in [0.5, 0.6) is 0 Å². The van der Waals surface area contributed by atoms with Gasteiger partial charge in [0.2, 0.25) is 5.91 Å². The van der Waals surface area contributed by atoms with E-state index in [2.05, 4.69) is 10.1 Å². The number of aromatic nitrogens is 3. The van der Waals surface area contributed by atoms with Crippen LogP contribution < -0.4 is 5.56 Å². The number of thiazole rings is 1. The third-order valence-electron chi connectivity index (χ3n) is 4.96. The van der Waals surface area contributed by atoms with Crippen LogP contribution in [0.2, 0.25) is 0 Å². The Morgan fingerprint density at radius 2 is 2.16 bits per heavy atom. The molecule has 1 atom stereocenters. The Morgan fingerprint density at radius 1 is 1.32 bits per heavy atom. The van der Waals surface area contributed by atoms with Gasteiger partial charge in [-0.2, -0.15) is 5.10 Å². The van der Waals surface area contributed by atoms with E-state index >= 15 is 0 Å². The highest BCUT2D eigenvalue weighted by Gasteiger charge is 2.30. The van der Waals surface area contributed by atoms with Gasteiger partial charge in [0.1, 0.15) is 0 Å². The van der Waals surface area contributed by atoms with E-state index < -0.39 is 0 Å². The quantitative estimate of drug-likeness (QED) is 0.821. The second kappa shape index (κ2) is 6.71. The first kappa shape index (κ1) is 16.4. The number of carbonyl (C=O) groups excluding carboxylic acids is 1. The van der Waals surface area contributed by atoms with Crippen LogP contribution >= 0.6 is 11.3 Å². The Labute approximate surface area is 150 Å². The van der Waals surface area contributed by atoms with Crippen molar-refractivity contribution in [3.8, 4) is 0 Å². The number of hydrogen-bond donors (Lipinski definition) is 0. The molecule has 1 aliphatic heterocycles. The summed E-state index contributed by atoms with van der Waals surface area (Å²) < 4.78 is 1.56. The summed E-state index contributed by atoms with van der Waals surface area (Å²) in [7, 11) is 0. The Hall–Kier alpha value is -2.02. The number of carbonyl (C=O) groups is 1. The van der Waals surface area contributed by atoms with E-state index in [9.17, 15) is 9.59 Å². The lowest BCUT2D eigenvalue weighted by atomic mass is 10.2. The summed E-state index contributed by atoms with van der Waals surface area (Å²) >= 11 is 1.57. The summed E-state index contributed by atoms with van der Waals surface area (Å²) in [5.74, 6) is 0.639. The van der Waals surface area contributed by atoms with Gasteiger partial charge >= 0.3 is 0 Å². The minimum absolute atomic E-state index is 0.0566. The van der Waals surface area contributed by atoms with E-state index in [0.29, 0.717) is 18.9 Å². The standard InChI is InChI=1S/C18H22N4O2S/c1-12-19-10-15(25-12)9-18(24)21-8-2-3-14(21)11-22-17(23)7-6-16(20-22)13-4-5-13/h6-7,10,13-14H,2-5,8-9,11H2,1H3. The number of nitrogens with zero attached hydrogens (tertiary/aromatic N) is 4. The topological polar surface area (TPSA) is 68.1 Å². The van der Waals surface area contributed by atoms with Crippen molar-refractivity contribution < 1.29 is 4.79 Å². The summed E-state index contributed by atoms with van der Waals surface area (Å²) in [6.07, 6.45) is 6.41. The highest BCUT2D eigenvalue weighted by molar-refractivity contribution is 7.11. The van der Waals surface area contributed by atoms with Crippen molar-refractivity contribution in [2.45, 2.75) is 57.5 Å². The molecule has 25 heavy (non-hydrogen) atoms. The summed E-state index contributed by atoms with van der Waals surface area (Å²) in [6, 6.07) is 3.52. The maximum absolute atomic E-state index is 12.7. The third kappa shape index (κ3) is 3.66. The first-order valence-electron chi connectivity index (χ1n) is 8.89. The molecule has 0 N–H and O–H groups in total. The van der Waals surface area contributed by atoms with Gasteiger partial charge in [0.15, 0.2) is 0 Å². The molecule has 0 aromatic carbocycles. The zero-order valence-electron chi connectivity index (χ0n) is 14.4. The van der Waals surface area contributed by atoms with E-state index in [4.69, 9.17) is 0 Å². The Kier molecular flexibility index (Phi) is 4.41. The molecule has 0 radical (unpaired) electrons. The van der Waals surface area contributed by atoms with Gasteiger partial charge in [0, 0.05) is 29.6 Å². The van der Waals surface area contributed by atoms with Crippen molar-refractivity contribution in [2.75, 3.05) is 6.54 Å². The van der Waals surface area contributed by atoms with Crippen LogP contribution in [0, 0.1) is 6.92 Å². The molecule has 2 aromatic rings. The van der Waals surface area contributed by atoms with Crippen LogP contribution in [0.4, 0.5) is 0 Å². The summed E-state index contributed by atoms with van der Waals surface area (Å²) in [5.41, 5.74) is 0.928. The number of amides is 1. The molecule has 132 valence electrons. The van der Waals surface area contributed by atoms with Gasteiger partial charge in [-0.25, -0.2) is 9.67 Å². The molecule has 2 aliphatic rings. The molecule has 1 saturated carbocycles. The number of likely N-dealkylation sites (tertiary alicyclic amines) is 1. The van der Waals surface area contributed by atoms with Crippen LogP contribution in [0.1, 0.15) is 47.2 Å². The summed E-state index contributed by atoms with van der Waals surface area (Å²) in [6.45, 7) is 3.20. The Morgan fingerprint density at radius 3 is 2.88 bits per heavy atom.